The average molecular weight is 178 g/mol. The van der Waals surface area contributed by atoms with Gasteiger partial charge in [-0.25, -0.2) is 0 Å². The monoisotopic (exact) mass is 178 g/mol. The second-order valence-electron chi connectivity index (χ2n) is 2.53. The highest BCUT2D eigenvalue weighted by Gasteiger charge is 2.04. The lowest BCUT2D eigenvalue weighted by atomic mass is 10.2. The van der Waals surface area contributed by atoms with E-state index >= 15 is 0 Å². The fourth-order valence-corrected chi connectivity index (χ4v) is 0.877. The van der Waals surface area contributed by atoms with E-state index in [2.05, 4.69) is 0 Å². The van der Waals surface area contributed by atoms with E-state index in [0.29, 0.717) is 12.6 Å². The summed E-state index contributed by atoms with van der Waals surface area (Å²) in [6.45, 7) is 0.281. The van der Waals surface area contributed by atoms with Crippen molar-refractivity contribution in [3.8, 4) is 0 Å². The van der Waals surface area contributed by atoms with E-state index in [1.165, 1.54) is 0 Å². The molecule has 0 aliphatic rings. The van der Waals surface area contributed by atoms with Crippen LogP contribution in [-0.4, -0.2) is 18.7 Å². The third-order valence-corrected chi connectivity index (χ3v) is 1.55. The van der Waals surface area contributed by atoms with Crippen molar-refractivity contribution >= 4 is 12.6 Å². The van der Waals surface area contributed by atoms with Crippen LogP contribution in [0.4, 0.5) is 0 Å². The second-order valence-corrected chi connectivity index (χ2v) is 2.53. The van der Waals surface area contributed by atoms with Crippen molar-refractivity contribution in [2.24, 2.45) is 0 Å². The second kappa shape index (κ2) is 5.22. The lowest BCUT2D eigenvalue weighted by molar-refractivity contribution is -0.128. The normalized spacial score (nSPS) is 9.92. The Morgan fingerprint density at radius 1 is 1.15 bits per heavy atom. The van der Waals surface area contributed by atoms with Crippen LogP contribution in [0.2, 0.25) is 0 Å². The first-order valence-electron chi connectivity index (χ1n) is 3.93. The van der Waals surface area contributed by atoms with Crippen LogP contribution in [-0.2, 0) is 20.9 Å². The summed E-state index contributed by atoms with van der Waals surface area (Å²) in [6, 6.07) is 9.37. The molecule has 0 bridgehead atoms. The van der Waals surface area contributed by atoms with E-state index in [1.54, 1.807) is 0 Å². The summed E-state index contributed by atoms with van der Waals surface area (Å²) in [5, 5.41) is 0. The Labute approximate surface area is 76.3 Å². The summed E-state index contributed by atoms with van der Waals surface area (Å²) in [5.74, 6) is 0. The molecule has 13 heavy (non-hydrogen) atoms. The first-order chi connectivity index (χ1) is 6.36. The Kier molecular flexibility index (Phi) is 3.85. The largest absolute Gasteiger partial charge is 0.359 e. The molecule has 0 N–H and O–H groups in total. The number of carbonyl (C=O) groups is 2. The summed E-state index contributed by atoms with van der Waals surface area (Å²) < 4.78 is 4.99. The molecular weight excluding hydrogens is 168 g/mol. The van der Waals surface area contributed by atoms with Crippen molar-refractivity contribution in [3.63, 3.8) is 0 Å². The molecule has 0 aliphatic carbocycles. The highest BCUT2D eigenvalue weighted by molar-refractivity contribution is 5.80. The van der Waals surface area contributed by atoms with Crippen molar-refractivity contribution in [3.05, 3.63) is 35.9 Å². The summed E-state index contributed by atoms with van der Waals surface area (Å²) in [7, 11) is 0. The van der Waals surface area contributed by atoms with Crippen molar-refractivity contribution in [2.75, 3.05) is 0 Å². The zero-order valence-electron chi connectivity index (χ0n) is 7.05. The molecule has 0 aliphatic heterocycles. The highest BCUT2D eigenvalue weighted by Crippen LogP contribution is 2.01. The van der Waals surface area contributed by atoms with E-state index < -0.39 is 6.10 Å². The summed E-state index contributed by atoms with van der Waals surface area (Å²) in [4.78, 5) is 20.4. The van der Waals surface area contributed by atoms with Gasteiger partial charge in [-0.1, -0.05) is 30.3 Å². The molecule has 3 heteroatoms. The van der Waals surface area contributed by atoms with Gasteiger partial charge in [0.15, 0.2) is 18.7 Å². The number of ether oxygens (including phenoxy) is 1. The number of carbonyl (C=O) groups excluding carboxylic acids is 2. The predicted octanol–water partition coefficient (Wildman–Crippen LogP) is 0.970. The van der Waals surface area contributed by atoms with Crippen LogP contribution in [0, 0.1) is 0 Å². The van der Waals surface area contributed by atoms with Gasteiger partial charge in [0.2, 0.25) is 0 Å². The van der Waals surface area contributed by atoms with Gasteiger partial charge in [0, 0.05) is 0 Å². The molecule has 0 radical (unpaired) electrons. The first kappa shape index (κ1) is 9.61. The fraction of sp³-hybridized carbons (Fsp3) is 0.200. The quantitative estimate of drug-likeness (QED) is 0.498. The van der Waals surface area contributed by atoms with Gasteiger partial charge >= 0.3 is 0 Å². The van der Waals surface area contributed by atoms with Gasteiger partial charge in [0.25, 0.3) is 0 Å². The van der Waals surface area contributed by atoms with Crippen LogP contribution in [0.15, 0.2) is 30.3 Å². The third-order valence-electron chi connectivity index (χ3n) is 1.55. The Balaban J connectivity index is 2.42. The zero-order chi connectivity index (χ0) is 9.52. The lowest BCUT2D eigenvalue weighted by Crippen LogP contribution is -2.15. The Hall–Kier alpha value is -1.48. The molecule has 0 heterocycles. The topological polar surface area (TPSA) is 43.4 Å². The molecule has 1 aromatic carbocycles. The molecule has 68 valence electrons. The molecule has 0 atom stereocenters. The van der Waals surface area contributed by atoms with Gasteiger partial charge in [0.05, 0.1) is 6.61 Å². The van der Waals surface area contributed by atoms with E-state index in [9.17, 15) is 9.59 Å². The molecule has 0 saturated carbocycles. The molecule has 0 spiro atoms. The Morgan fingerprint density at radius 3 is 2.31 bits per heavy atom. The van der Waals surface area contributed by atoms with Crippen molar-refractivity contribution in [2.45, 2.75) is 12.7 Å². The SMILES string of the molecule is O=CC(C=O)OCc1ccccc1. The minimum absolute atomic E-state index is 0.281. The standard InChI is InChI=1S/C10H10O3/c11-6-10(7-12)13-8-9-4-2-1-3-5-9/h1-7,10H,8H2. The molecule has 1 rings (SSSR count). The lowest BCUT2D eigenvalue weighted by Gasteiger charge is -2.04. The van der Waals surface area contributed by atoms with Crippen molar-refractivity contribution < 1.29 is 14.3 Å². The van der Waals surface area contributed by atoms with Gasteiger partial charge < -0.3 is 4.74 Å². The van der Waals surface area contributed by atoms with E-state index in [-0.39, 0.29) is 6.61 Å². The van der Waals surface area contributed by atoms with Gasteiger partial charge in [-0.3, -0.25) is 9.59 Å². The number of hydrogen-bond acceptors (Lipinski definition) is 3. The summed E-state index contributed by atoms with van der Waals surface area (Å²) >= 11 is 0. The van der Waals surface area contributed by atoms with Crippen LogP contribution in [0.1, 0.15) is 5.56 Å². The van der Waals surface area contributed by atoms with E-state index in [0.717, 1.165) is 5.56 Å². The Bertz CT molecular complexity index is 261. The minimum atomic E-state index is -0.944. The van der Waals surface area contributed by atoms with Crippen LogP contribution in [0.5, 0.6) is 0 Å². The zero-order valence-corrected chi connectivity index (χ0v) is 7.05. The molecule has 0 saturated heterocycles. The van der Waals surface area contributed by atoms with Gasteiger partial charge in [-0.05, 0) is 5.56 Å². The Morgan fingerprint density at radius 2 is 1.77 bits per heavy atom. The van der Waals surface area contributed by atoms with Gasteiger partial charge in [-0.2, -0.15) is 0 Å². The van der Waals surface area contributed by atoms with Gasteiger partial charge in [0.1, 0.15) is 0 Å². The van der Waals surface area contributed by atoms with Crippen molar-refractivity contribution in [1.29, 1.82) is 0 Å². The maximum atomic E-state index is 10.2. The fourth-order valence-electron chi connectivity index (χ4n) is 0.877. The molecule has 3 nitrogen and oxygen atoms in total. The highest BCUT2D eigenvalue weighted by atomic mass is 16.5. The number of rotatable bonds is 5. The van der Waals surface area contributed by atoms with Crippen LogP contribution >= 0.6 is 0 Å². The number of hydrogen-bond donors (Lipinski definition) is 0. The molecule has 0 fully saturated rings. The molecular formula is C10H10O3. The molecule has 0 amide bonds. The van der Waals surface area contributed by atoms with Crippen LogP contribution in [0.3, 0.4) is 0 Å². The predicted molar refractivity (Wildman–Crippen MR) is 47.1 cm³/mol. The van der Waals surface area contributed by atoms with Crippen LogP contribution in [0.25, 0.3) is 0 Å². The average Bonchev–Trinajstić information content (AvgIpc) is 2.21. The summed E-state index contributed by atoms with van der Waals surface area (Å²) in [5.41, 5.74) is 0.941. The maximum absolute atomic E-state index is 10.2. The number of benzene rings is 1. The number of aldehydes is 2. The minimum Gasteiger partial charge on any atom is -0.359 e. The van der Waals surface area contributed by atoms with Crippen LogP contribution < -0.4 is 0 Å². The molecule has 0 unspecified atom stereocenters. The molecule has 1 aromatic rings. The van der Waals surface area contributed by atoms with Gasteiger partial charge in [-0.15, -0.1) is 0 Å². The third kappa shape index (κ3) is 3.17. The smallest absolute Gasteiger partial charge is 0.168 e. The maximum Gasteiger partial charge on any atom is 0.168 e. The van der Waals surface area contributed by atoms with E-state index in [4.69, 9.17) is 4.74 Å². The van der Waals surface area contributed by atoms with Crippen molar-refractivity contribution in [1.82, 2.24) is 0 Å². The molecule has 0 aromatic heterocycles. The summed E-state index contributed by atoms with van der Waals surface area (Å²) in [6.07, 6.45) is 0.0199. The van der Waals surface area contributed by atoms with E-state index in [1.807, 2.05) is 30.3 Å². The first-order valence-corrected chi connectivity index (χ1v) is 3.93.